The van der Waals surface area contributed by atoms with Crippen LogP contribution in [-0.4, -0.2) is 40.0 Å². The predicted molar refractivity (Wildman–Crippen MR) is 91.4 cm³/mol. The van der Waals surface area contributed by atoms with Crippen molar-refractivity contribution in [3.63, 3.8) is 0 Å². The maximum absolute atomic E-state index is 12.0. The minimum atomic E-state index is -0.249. The Morgan fingerprint density at radius 1 is 1.21 bits per heavy atom. The van der Waals surface area contributed by atoms with Crippen LogP contribution in [0.25, 0.3) is 11.4 Å². The van der Waals surface area contributed by atoms with Gasteiger partial charge in [-0.25, -0.2) is 0 Å². The van der Waals surface area contributed by atoms with Gasteiger partial charge in [0, 0.05) is 17.2 Å². The molecular weight excluding hydrogens is 328 g/mol. The van der Waals surface area contributed by atoms with E-state index in [0.29, 0.717) is 11.5 Å². The van der Waals surface area contributed by atoms with Crippen molar-refractivity contribution in [2.75, 3.05) is 23.4 Å². The first-order valence-corrected chi connectivity index (χ1v) is 8.90. The third-order valence-electron chi connectivity index (χ3n) is 3.80. The van der Waals surface area contributed by atoms with Crippen molar-refractivity contribution < 1.29 is 14.1 Å². The van der Waals surface area contributed by atoms with Crippen LogP contribution in [0.5, 0.6) is 0 Å². The summed E-state index contributed by atoms with van der Waals surface area (Å²) < 4.78 is 4.70. The van der Waals surface area contributed by atoms with Crippen LogP contribution >= 0.6 is 11.8 Å². The van der Waals surface area contributed by atoms with E-state index in [0.717, 1.165) is 29.9 Å². The van der Waals surface area contributed by atoms with Gasteiger partial charge in [0.05, 0.1) is 6.54 Å². The number of hydrogen-bond donors (Lipinski definition) is 2. The van der Waals surface area contributed by atoms with E-state index in [9.17, 15) is 9.59 Å². The summed E-state index contributed by atoms with van der Waals surface area (Å²) in [5, 5.41) is 9.21. The largest absolute Gasteiger partial charge is 0.347 e. The van der Waals surface area contributed by atoms with Gasteiger partial charge in [0.1, 0.15) is 0 Å². The molecule has 7 nitrogen and oxygen atoms in total. The molecule has 1 aliphatic heterocycles. The molecule has 0 unspecified atom stereocenters. The molecular formula is C16H18N4O3S. The molecule has 1 aromatic carbocycles. The summed E-state index contributed by atoms with van der Waals surface area (Å²) in [6, 6.07) is 7.09. The van der Waals surface area contributed by atoms with Gasteiger partial charge in [-0.05, 0) is 48.6 Å². The molecule has 2 N–H and O–H groups in total. The van der Waals surface area contributed by atoms with Crippen LogP contribution in [0.15, 0.2) is 35.2 Å². The van der Waals surface area contributed by atoms with Crippen molar-refractivity contribution in [1.29, 1.82) is 0 Å². The summed E-state index contributed by atoms with van der Waals surface area (Å²) in [5.41, 5.74) is 1.45. The van der Waals surface area contributed by atoms with E-state index in [-0.39, 0.29) is 24.3 Å². The van der Waals surface area contributed by atoms with Crippen LogP contribution in [0.4, 0.5) is 5.69 Å². The number of rotatable bonds is 5. The highest BCUT2D eigenvalue weighted by Gasteiger charge is 2.21. The summed E-state index contributed by atoms with van der Waals surface area (Å²) in [7, 11) is 0. The Labute approximate surface area is 143 Å². The van der Waals surface area contributed by atoms with Gasteiger partial charge in [-0.1, -0.05) is 5.16 Å². The van der Waals surface area contributed by atoms with Crippen molar-refractivity contribution in [2.45, 2.75) is 12.8 Å². The van der Waals surface area contributed by atoms with Gasteiger partial charge in [-0.2, -0.15) is 16.7 Å². The first kappa shape index (κ1) is 16.5. The van der Waals surface area contributed by atoms with Gasteiger partial charge < -0.3 is 15.2 Å². The highest BCUT2D eigenvalue weighted by Crippen LogP contribution is 2.22. The third kappa shape index (κ3) is 4.35. The first-order chi connectivity index (χ1) is 11.7. The summed E-state index contributed by atoms with van der Waals surface area (Å²) in [5.74, 6) is 2.27. The molecule has 0 bridgehead atoms. The lowest BCUT2D eigenvalue weighted by Gasteiger charge is -2.20. The van der Waals surface area contributed by atoms with E-state index in [1.54, 1.807) is 24.3 Å². The van der Waals surface area contributed by atoms with E-state index in [1.165, 1.54) is 6.39 Å². The molecule has 0 radical (unpaired) electrons. The summed E-state index contributed by atoms with van der Waals surface area (Å²) in [6.45, 7) is -0.0188. The Morgan fingerprint density at radius 2 is 1.96 bits per heavy atom. The van der Waals surface area contributed by atoms with Gasteiger partial charge >= 0.3 is 0 Å². The van der Waals surface area contributed by atoms with Gasteiger partial charge in [0.25, 0.3) is 0 Å². The second-order valence-electron chi connectivity index (χ2n) is 5.48. The number of benzene rings is 1. The molecule has 3 rings (SSSR count). The molecule has 2 aromatic rings. The topological polar surface area (TPSA) is 97.1 Å². The van der Waals surface area contributed by atoms with Crippen LogP contribution in [-0.2, 0) is 9.59 Å². The quantitative estimate of drug-likeness (QED) is 0.859. The van der Waals surface area contributed by atoms with Crippen molar-refractivity contribution in [2.24, 2.45) is 5.92 Å². The molecule has 2 amide bonds. The van der Waals surface area contributed by atoms with Gasteiger partial charge in [-0.15, -0.1) is 0 Å². The van der Waals surface area contributed by atoms with Crippen LogP contribution in [0.2, 0.25) is 0 Å². The lowest BCUT2D eigenvalue weighted by molar-refractivity contribution is -0.127. The molecule has 24 heavy (non-hydrogen) atoms. The van der Waals surface area contributed by atoms with E-state index in [1.807, 2.05) is 11.8 Å². The Morgan fingerprint density at radius 3 is 2.62 bits per heavy atom. The first-order valence-electron chi connectivity index (χ1n) is 7.74. The van der Waals surface area contributed by atoms with E-state index in [4.69, 9.17) is 4.52 Å². The molecule has 0 spiro atoms. The number of thioether (sulfide) groups is 1. The fourth-order valence-corrected chi connectivity index (χ4v) is 3.58. The Kier molecular flexibility index (Phi) is 5.47. The number of carbonyl (C=O) groups excluding carboxylic acids is 2. The second-order valence-corrected chi connectivity index (χ2v) is 6.71. The standard InChI is InChI=1S/C16H18N4O3S/c21-14(9-17-16(22)12-5-7-24-8-6-12)19-13-3-1-11(2-4-13)15-18-10-23-20-15/h1-4,10,12H,5-9H2,(H,17,22)(H,19,21). The predicted octanol–water partition coefficient (Wildman–Crippen LogP) is 1.93. The van der Waals surface area contributed by atoms with Crippen LogP contribution in [0.3, 0.4) is 0 Å². The smallest absolute Gasteiger partial charge is 0.243 e. The Balaban J connectivity index is 1.47. The number of nitrogens with zero attached hydrogens (tertiary/aromatic N) is 2. The van der Waals surface area contributed by atoms with E-state index >= 15 is 0 Å². The average Bonchev–Trinajstić information content (AvgIpc) is 3.16. The minimum Gasteiger partial charge on any atom is -0.347 e. The van der Waals surface area contributed by atoms with Gasteiger partial charge in [0.15, 0.2) is 0 Å². The molecule has 126 valence electrons. The van der Waals surface area contributed by atoms with Crippen molar-refractivity contribution in [3.8, 4) is 11.4 Å². The summed E-state index contributed by atoms with van der Waals surface area (Å²) in [6.07, 6.45) is 3.03. The zero-order valence-electron chi connectivity index (χ0n) is 13.0. The van der Waals surface area contributed by atoms with E-state index < -0.39 is 0 Å². The fraction of sp³-hybridized carbons (Fsp3) is 0.375. The average molecular weight is 346 g/mol. The summed E-state index contributed by atoms with van der Waals surface area (Å²) >= 11 is 1.87. The van der Waals surface area contributed by atoms with Crippen molar-refractivity contribution in [3.05, 3.63) is 30.7 Å². The van der Waals surface area contributed by atoms with Crippen LogP contribution < -0.4 is 10.6 Å². The third-order valence-corrected chi connectivity index (χ3v) is 4.85. The number of anilines is 1. The Hall–Kier alpha value is -2.35. The minimum absolute atomic E-state index is 0.0188. The number of amides is 2. The van der Waals surface area contributed by atoms with Gasteiger partial charge in [0.2, 0.25) is 24.0 Å². The maximum atomic E-state index is 12.0. The monoisotopic (exact) mass is 346 g/mol. The maximum Gasteiger partial charge on any atom is 0.243 e. The number of hydrogen-bond acceptors (Lipinski definition) is 6. The molecule has 1 aromatic heterocycles. The zero-order valence-corrected chi connectivity index (χ0v) is 13.8. The fourth-order valence-electron chi connectivity index (χ4n) is 2.48. The molecule has 0 saturated carbocycles. The lowest BCUT2D eigenvalue weighted by atomic mass is 10.0. The van der Waals surface area contributed by atoms with Crippen LogP contribution in [0.1, 0.15) is 12.8 Å². The Bertz CT molecular complexity index is 682. The molecule has 1 aliphatic rings. The number of carbonyl (C=O) groups is 2. The molecule has 0 aliphatic carbocycles. The molecule has 8 heteroatoms. The lowest BCUT2D eigenvalue weighted by Crippen LogP contribution is -2.38. The molecule has 0 atom stereocenters. The van der Waals surface area contributed by atoms with Crippen LogP contribution in [0, 0.1) is 5.92 Å². The normalized spacial score (nSPS) is 15.0. The second kappa shape index (κ2) is 7.96. The number of aromatic nitrogens is 2. The molecule has 1 saturated heterocycles. The molecule has 2 heterocycles. The van der Waals surface area contributed by atoms with Crippen molar-refractivity contribution >= 4 is 29.3 Å². The summed E-state index contributed by atoms with van der Waals surface area (Å²) in [4.78, 5) is 27.9. The number of nitrogens with one attached hydrogen (secondary N) is 2. The highest BCUT2D eigenvalue weighted by atomic mass is 32.2. The van der Waals surface area contributed by atoms with E-state index in [2.05, 4.69) is 20.8 Å². The highest BCUT2D eigenvalue weighted by molar-refractivity contribution is 7.99. The zero-order chi connectivity index (χ0) is 16.8. The van der Waals surface area contributed by atoms with Crippen molar-refractivity contribution in [1.82, 2.24) is 15.5 Å². The molecule has 1 fully saturated rings. The SMILES string of the molecule is O=C(CNC(=O)C1CCSCC1)Nc1ccc(-c2ncon2)cc1. The van der Waals surface area contributed by atoms with Gasteiger partial charge in [-0.3, -0.25) is 9.59 Å².